The minimum absolute atomic E-state index is 0.379. The molecule has 0 aliphatic rings. The van der Waals surface area contributed by atoms with Crippen molar-refractivity contribution in [1.29, 1.82) is 0 Å². The third-order valence-electron chi connectivity index (χ3n) is 2.48. The van der Waals surface area contributed by atoms with Crippen LogP contribution in [-0.4, -0.2) is 16.5 Å². The van der Waals surface area contributed by atoms with Gasteiger partial charge < -0.3 is 5.32 Å². The zero-order valence-electron chi connectivity index (χ0n) is 11.2. The van der Waals surface area contributed by atoms with E-state index in [1.54, 1.807) is 0 Å². The predicted molar refractivity (Wildman–Crippen MR) is 81.6 cm³/mol. The summed E-state index contributed by atoms with van der Waals surface area (Å²) in [4.78, 5) is 9.29. The highest BCUT2D eigenvalue weighted by Gasteiger charge is 2.13. The van der Waals surface area contributed by atoms with Crippen molar-refractivity contribution in [3.8, 4) is 0 Å². The van der Waals surface area contributed by atoms with E-state index in [9.17, 15) is 0 Å². The molecule has 1 aromatic heterocycles. The molecule has 0 unspecified atom stereocenters. The van der Waals surface area contributed by atoms with Gasteiger partial charge in [0.05, 0.1) is 9.26 Å². The quantitative estimate of drug-likeness (QED) is 0.791. The van der Waals surface area contributed by atoms with Gasteiger partial charge in [-0.25, -0.2) is 9.97 Å². The van der Waals surface area contributed by atoms with Gasteiger partial charge in [-0.3, -0.25) is 0 Å². The lowest BCUT2D eigenvalue weighted by molar-refractivity contribution is 0.743. The summed E-state index contributed by atoms with van der Waals surface area (Å²) in [6.07, 6.45) is 3.26. The second-order valence-corrected chi connectivity index (χ2v) is 5.60. The molecule has 1 aromatic rings. The third kappa shape index (κ3) is 4.08. The Bertz CT molecular complexity index is 364. The normalized spacial score (nSPS) is 10.9. The molecule has 0 atom stereocenters. The molecule has 3 nitrogen and oxygen atoms in total. The lowest BCUT2D eigenvalue weighted by Gasteiger charge is -2.13. The fourth-order valence-corrected chi connectivity index (χ4v) is 2.24. The topological polar surface area (TPSA) is 37.8 Å². The maximum Gasteiger partial charge on any atom is 0.143 e. The summed E-state index contributed by atoms with van der Waals surface area (Å²) < 4.78 is 1.18. The van der Waals surface area contributed by atoms with E-state index in [1.165, 1.54) is 9.26 Å². The van der Waals surface area contributed by atoms with Crippen molar-refractivity contribution in [1.82, 2.24) is 9.97 Å². The molecule has 1 rings (SSSR count). The fraction of sp³-hybridized carbons (Fsp3) is 0.692. The molecule has 0 saturated heterocycles. The maximum atomic E-state index is 4.67. The Morgan fingerprint density at radius 3 is 2.41 bits per heavy atom. The molecule has 0 aromatic carbocycles. The molecule has 17 heavy (non-hydrogen) atoms. The smallest absolute Gasteiger partial charge is 0.143 e. The largest absolute Gasteiger partial charge is 0.369 e. The third-order valence-corrected chi connectivity index (χ3v) is 3.62. The Morgan fingerprint density at radius 2 is 1.88 bits per heavy atom. The van der Waals surface area contributed by atoms with E-state index in [0.717, 1.165) is 37.4 Å². The van der Waals surface area contributed by atoms with Crippen LogP contribution in [0.1, 0.15) is 58.0 Å². The first-order valence-electron chi connectivity index (χ1n) is 6.40. The maximum absolute atomic E-state index is 4.67. The average molecular weight is 347 g/mol. The number of rotatable bonds is 6. The summed E-state index contributed by atoms with van der Waals surface area (Å²) in [6, 6.07) is 0. The zero-order valence-corrected chi connectivity index (χ0v) is 13.3. The van der Waals surface area contributed by atoms with Gasteiger partial charge >= 0.3 is 0 Å². The first kappa shape index (κ1) is 14.7. The number of hydrogen-bond acceptors (Lipinski definition) is 3. The van der Waals surface area contributed by atoms with Crippen molar-refractivity contribution in [2.24, 2.45) is 0 Å². The van der Waals surface area contributed by atoms with Crippen LogP contribution >= 0.6 is 22.6 Å². The van der Waals surface area contributed by atoms with E-state index >= 15 is 0 Å². The molecular weight excluding hydrogens is 325 g/mol. The van der Waals surface area contributed by atoms with E-state index in [-0.39, 0.29) is 0 Å². The van der Waals surface area contributed by atoms with E-state index in [2.05, 4.69) is 65.6 Å². The van der Waals surface area contributed by atoms with Crippen molar-refractivity contribution in [3.63, 3.8) is 0 Å². The monoisotopic (exact) mass is 347 g/mol. The van der Waals surface area contributed by atoms with Gasteiger partial charge in [0.15, 0.2) is 0 Å². The molecule has 0 fully saturated rings. The number of aromatic nitrogens is 2. The molecule has 0 spiro atoms. The van der Waals surface area contributed by atoms with Crippen molar-refractivity contribution in [2.45, 2.75) is 52.9 Å². The van der Waals surface area contributed by atoms with Gasteiger partial charge in [-0.1, -0.05) is 34.1 Å². The lowest BCUT2D eigenvalue weighted by Crippen LogP contribution is -2.11. The van der Waals surface area contributed by atoms with Crippen LogP contribution in [0.5, 0.6) is 0 Å². The van der Waals surface area contributed by atoms with Crippen LogP contribution in [0.2, 0.25) is 0 Å². The van der Waals surface area contributed by atoms with Gasteiger partial charge in [0.1, 0.15) is 11.6 Å². The number of anilines is 1. The number of hydrogen-bond donors (Lipinski definition) is 1. The Labute approximate surface area is 118 Å². The van der Waals surface area contributed by atoms with Gasteiger partial charge in [0, 0.05) is 12.5 Å². The van der Waals surface area contributed by atoms with Crippen LogP contribution in [0.3, 0.4) is 0 Å². The molecule has 0 aliphatic heterocycles. The van der Waals surface area contributed by atoms with Crippen molar-refractivity contribution in [3.05, 3.63) is 15.1 Å². The second kappa shape index (κ2) is 7.13. The Morgan fingerprint density at radius 1 is 1.18 bits per heavy atom. The number of halogens is 1. The van der Waals surface area contributed by atoms with Crippen LogP contribution in [-0.2, 0) is 6.42 Å². The number of nitrogens with zero attached hydrogens (tertiary/aromatic N) is 2. The molecule has 0 amide bonds. The van der Waals surface area contributed by atoms with E-state index in [0.29, 0.717) is 5.92 Å². The molecule has 0 aliphatic carbocycles. The standard InChI is InChI=1S/C13H22IN3/c1-5-7-10-11(14)13(15-8-6-2)17-12(16-10)9(3)4/h9H,5-8H2,1-4H3,(H,15,16,17). The molecule has 96 valence electrons. The molecule has 0 bridgehead atoms. The highest BCUT2D eigenvalue weighted by molar-refractivity contribution is 14.1. The predicted octanol–water partition coefficient (Wildman–Crippen LogP) is 3.98. The summed E-state index contributed by atoms with van der Waals surface area (Å²) in [5, 5.41) is 3.40. The number of aryl methyl sites for hydroxylation is 1. The molecule has 4 heteroatoms. The summed E-state index contributed by atoms with van der Waals surface area (Å²) in [5.74, 6) is 2.34. The zero-order chi connectivity index (χ0) is 12.8. The van der Waals surface area contributed by atoms with Gasteiger partial charge in [0.2, 0.25) is 0 Å². The SMILES string of the molecule is CCCNc1nc(C(C)C)nc(CCC)c1I. The lowest BCUT2D eigenvalue weighted by atomic mass is 10.2. The first-order valence-corrected chi connectivity index (χ1v) is 7.48. The second-order valence-electron chi connectivity index (χ2n) is 4.52. The Kier molecular flexibility index (Phi) is 6.16. The summed E-state index contributed by atoms with van der Waals surface area (Å²) in [5.41, 5.74) is 1.19. The van der Waals surface area contributed by atoms with Crippen molar-refractivity contribution < 1.29 is 0 Å². The van der Waals surface area contributed by atoms with Crippen molar-refractivity contribution >= 4 is 28.4 Å². The Hall–Kier alpha value is -0.390. The summed E-state index contributed by atoms with van der Waals surface area (Å²) >= 11 is 2.36. The van der Waals surface area contributed by atoms with Gasteiger partial charge in [-0.15, -0.1) is 0 Å². The van der Waals surface area contributed by atoms with Gasteiger partial charge in [-0.2, -0.15) is 0 Å². The van der Waals surface area contributed by atoms with E-state index < -0.39 is 0 Å². The fourth-order valence-electron chi connectivity index (χ4n) is 1.53. The average Bonchev–Trinajstić information content (AvgIpc) is 2.30. The first-order chi connectivity index (χ1) is 8.10. The molecule has 1 N–H and O–H groups in total. The van der Waals surface area contributed by atoms with E-state index in [1.807, 2.05) is 0 Å². The highest BCUT2D eigenvalue weighted by Crippen LogP contribution is 2.23. The minimum atomic E-state index is 0.379. The summed E-state index contributed by atoms with van der Waals surface area (Å²) in [6.45, 7) is 9.60. The Balaban J connectivity index is 3.08. The molecule has 1 heterocycles. The van der Waals surface area contributed by atoms with Gasteiger partial charge in [0.25, 0.3) is 0 Å². The summed E-state index contributed by atoms with van der Waals surface area (Å²) in [7, 11) is 0. The minimum Gasteiger partial charge on any atom is -0.369 e. The number of nitrogens with one attached hydrogen (secondary N) is 1. The van der Waals surface area contributed by atoms with Crippen LogP contribution in [0.4, 0.5) is 5.82 Å². The van der Waals surface area contributed by atoms with E-state index in [4.69, 9.17) is 0 Å². The molecule has 0 radical (unpaired) electrons. The van der Waals surface area contributed by atoms with Crippen LogP contribution in [0.25, 0.3) is 0 Å². The molecular formula is C13H22IN3. The van der Waals surface area contributed by atoms with Crippen molar-refractivity contribution in [2.75, 3.05) is 11.9 Å². The van der Waals surface area contributed by atoms with Gasteiger partial charge in [-0.05, 0) is 35.4 Å². The highest BCUT2D eigenvalue weighted by atomic mass is 127. The van der Waals surface area contributed by atoms with Crippen LogP contribution in [0.15, 0.2) is 0 Å². The molecule has 0 saturated carbocycles. The van der Waals surface area contributed by atoms with Crippen LogP contribution in [0, 0.1) is 3.57 Å². The van der Waals surface area contributed by atoms with Crippen LogP contribution < -0.4 is 5.32 Å².